The largest absolute Gasteiger partial charge is 0.349 e. The smallest absolute Gasteiger partial charge is 0.226 e. The second-order valence-electron chi connectivity index (χ2n) is 5.29. The van der Waals surface area contributed by atoms with Crippen LogP contribution in [0.15, 0.2) is 0 Å². The van der Waals surface area contributed by atoms with E-state index in [0.29, 0.717) is 19.6 Å². The molecule has 0 radical (unpaired) electrons. The van der Waals surface area contributed by atoms with Gasteiger partial charge in [0, 0.05) is 45.6 Å². The van der Waals surface area contributed by atoms with Crippen molar-refractivity contribution < 1.29 is 9.59 Å². The Morgan fingerprint density at radius 2 is 1.89 bits per heavy atom. The molecule has 0 spiro atoms. The number of likely N-dealkylation sites (tertiary alicyclic amines) is 1. The SMILES string of the molecule is CNCC(C)C(=O)N1CCC(C(=O)N(C)C)CC1. The van der Waals surface area contributed by atoms with E-state index in [9.17, 15) is 9.59 Å². The third-order valence-electron chi connectivity index (χ3n) is 3.53. The predicted octanol–water partition coefficient (Wildman–Crippen LogP) is 0.169. The van der Waals surface area contributed by atoms with Crippen LogP contribution in [0.5, 0.6) is 0 Å². The number of piperidine rings is 1. The Bertz CT molecular complexity index is 297. The topological polar surface area (TPSA) is 52.7 Å². The van der Waals surface area contributed by atoms with Crippen molar-refractivity contribution in [2.45, 2.75) is 19.8 Å². The molecular formula is C13H25N3O2. The van der Waals surface area contributed by atoms with E-state index in [0.717, 1.165) is 12.8 Å². The Labute approximate surface area is 110 Å². The lowest BCUT2D eigenvalue weighted by Gasteiger charge is -2.33. The lowest BCUT2D eigenvalue weighted by molar-refractivity contribution is -0.141. The maximum Gasteiger partial charge on any atom is 0.226 e. The van der Waals surface area contributed by atoms with E-state index in [-0.39, 0.29) is 23.7 Å². The van der Waals surface area contributed by atoms with Crippen LogP contribution in [0.4, 0.5) is 0 Å². The Kier molecular flexibility index (Phi) is 5.59. The fraction of sp³-hybridized carbons (Fsp3) is 0.846. The van der Waals surface area contributed by atoms with Gasteiger partial charge in [0.2, 0.25) is 11.8 Å². The number of nitrogens with one attached hydrogen (secondary N) is 1. The van der Waals surface area contributed by atoms with E-state index in [4.69, 9.17) is 0 Å². The molecule has 104 valence electrons. The minimum absolute atomic E-state index is 0.0103. The minimum Gasteiger partial charge on any atom is -0.349 e. The van der Waals surface area contributed by atoms with Gasteiger partial charge in [-0.05, 0) is 19.9 Å². The van der Waals surface area contributed by atoms with Crippen LogP contribution in [-0.2, 0) is 9.59 Å². The van der Waals surface area contributed by atoms with Gasteiger partial charge in [-0.2, -0.15) is 0 Å². The fourth-order valence-corrected chi connectivity index (χ4v) is 2.42. The summed E-state index contributed by atoms with van der Waals surface area (Å²) in [6.07, 6.45) is 1.57. The van der Waals surface area contributed by atoms with Crippen molar-refractivity contribution >= 4 is 11.8 Å². The zero-order chi connectivity index (χ0) is 13.7. The summed E-state index contributed by atoms with van der Waals surface area (Å²) in [4.78, 5) is 27.4. The number of carbonyl (C=O) groups is 2. The van der Waals surface area contributed by atoms with Crippen molar-refractivity contribution in [2.75, 3.05) is 40.8 Å². The van der Waals surface area contributed by atoms with Gasteiger partial charge in [0.05, 0.1) is 0 Å². The predicted molar refractivity (Wildman–Crippen MR) is 71.1 cm³/mol. The van der Waals surface area contributed by atoms with Crippen molar-refractivity contribution in [1.82, 2.24) is 15.1 Å². The van der Waals surface area contributed by atoms with Crippen molar-refractivity contribution in [3.63, 3.8) is 0 Å². The highest BCUT2D eigenvalue weighted by Crippen LogP contribution is 2.20. The number of rotatable bonds is 4. The summed E-state index contributed by atoms with van der Waals surface area (Å²) < 4.78 is 0. The molecule has 5 heteroatoms. The van der Waals surface area contributed by atoms with E-state index < -0.39 is 0 Å². The Balaban J connectivity index is 2.44. The highest BCUT2D eigenvalue weighted by molar-refractivity contribution is 5.80. The lowest BCUT2D eigenvalue weighted by atomic mass is 9.94. The number of carbonyl (C=O) groups excluding carboxylic acids is 2. The van der Waals surface area contributed by atoms with Gasteiger partial charge >= 0.3 is 0 Å². The molecule has 0 saturated carbocycles. The Morgan fingerprint density at radius 1 is 1.33 bits per heavy atom. The van der Waals surface area contributed by atoms with Crippen LogP contribution in [0.2, 0.25) is 0 Å². The molecule has 1 atom stereocenters. The summed E-state index contributed by atoms with van der Waals surface area (Å²) >= 11 is 0. The first-order chi connectivity index (χ1) is 8.47. The molecular weight excluding hydrogens is 230 g/mol. The first-order valence-corrected chi connectivity index (χ1v) is 6.62. The van der Waals surface area contributed by atoms with Gasteiger partial charge in [-0.15, -0.1) is 0 Å². The molecule has 0 bridgehead atoms. The molecule has 18 heavy (non-hydrogen) atoms. The minimum atomic E-state index is 0.0103. The third-order valence-corrected chi connectivity index (χ3v) is 3.53. The molecule has 1 unspecified atom stereocenters. The van der Waals surface area contributed by atoms with Gasteiger partial charge in [0.25, 0.3) is 0 Å². The standard InChI is InChI=1S/C13H25N3O2/c1-10(9-14-2)12(17)16-7-5-11(6-8-16)13(18)15(3)4/h10-11,14H,5-9H2,1-4H3. The summed E-state index contributed by atoms with van der Waals surface area (Å²) in [6, 6.07) is 0. The number of nitrogens with zero attached hydrogens (tertiary/aromatic N) is 2. The molecule has 1 saturated heterocycles. The lowest BCUT2D eigenvalue weighted by Crippen LogP contribution is -2.45. The number of amides is 2. The number of hydrogen-bond acceptors (Lipinski definition) is 3. The Hall–Kier alpha value is -1.10. The van der Waals surface area contributed by atoms with E-state index in [2.05, 4.69) is 5.32 Å². The van der Waals surface area contributed by atoms with Gasteiger partial charge in [0.1, 0.15) is 0 Å². The molecule has 1 rings (SSSR count). The van der Waals surface area contributed by atoms with Crippen LogP contribution in [-0.4, -0.2) is 62.4 Å². The average Bonchev–Trinajstić information content (AvgIpc) is 2.37. The second-order valence-corrected chi connectivity index (χ2v) is 5.29. The van der Waals surface area contributed by atoms with E-state index in [1.165, 1.54) is 0 Å². The third kappa shape index (κ3) is 3.70. The molecule has 0 aromatic carbocycles. The van der Waals surface area contributed by atoms with E-state index in [1.54, 1.807) is 19.0 Å². The van der Waals surface area contributed by atoms with Gasteiger partial charge in [-0.1, -0.05) is 6.92 Å². The summed E-state index contributed by atoms with van der Waals surface area (Å²) in [5.74, 6) is 0.477. The van der Waals surface area contributed by atoms with Crippen molar-refractivity contribution in [3.05, 3.63) is 0 Å². The Morgan fingerprint density at radius 3 is 2.33 bits per heavy atom. The monoisotopic (exact) mass is 255 g/mol. The highest BCUT2D eigenvalue weighted by atomic mass is 16.2. The van der Waals surface area contributed by atoms with Gasteiger partial charge in [0.15, 0.2) is 0 Å². The normalized spacial score (nSPS) is 18.6. The second kappa shape index (κ2) is 6.73. The van der Waals surface area contributed by atoms with Crippen LogP contribution in [0.25, 0.3) is 0 Å². The zero-order valence-electron chi connectivity index (χ0n) is 11.9. The number of hydrogen-bond donors (Lipinski definition) is 1. The molecule has 1 aliphatic rings. The van der Waals surface area contributed by atoms with Crippen molar-refractivity contribution in [3.8, 4) is 0 Å². The first kappa shape index (κ1) is 15.0. The van der Waals surface area contributed by atoms with Gasteiger partial charge < -0.3 is 15.1 Å². The molecule has 1 N–H and O–H groups in total. The summed E-state index contributed by atoms with van der Waals surface area (Å²) in [5.41, 5.74) is 0. The van der Waals surface area contributed by atoms with Crippen LogP contribution in [0.1, 0.15) is 19.8 Å². The zero-order valence-corrected chi connectivity index (χ0v) is 11.9. The highest BCUT2D eigenvalue weighted by Gasteiger charge is 2.29. The average molecular weight is 255 g/mol. The van der Waals surface area contributed by atoms with Crippen molar-refractivity contribution in [2.24, 2.45) is 11.8 Å². The van der Waals surface area contributed by atoms with Gasteiger partial charge in [-0.3, -0.25) is 9.59 Å². The molecule has 0 aliphatic carbocycles. The quantitative estimate of drug-likeness (QED) is 0.779. The molecule has 2 amide bonds. The molecule has 0 aromatic heterocycles. The summed E-state index contributed by atoms with van der Waals surface area (Å²) in [5, 5.41) is 3.02. The van der Waals surface area contributed by atoms with Crippen LogP contribution < -0.4 is 5.32 Å². The maximum atomic E-state index is 12.1. The summed E-state index contributed by atoms with van der Waals surface area (Å²) in [6.45, 7) is 4.06. The molecule has 1 aliphatic heterocycles. The molecule has 1 heterocycles. The van der Waals surface area contributed by atoms with E-state index in [1.807, 2.05) is 18.9 Å². The van der Waals surface area contributed by atoms with Crippen LogP contribution in [0, 0.1) is 11.8 Å². The maximum absolute atomic E-state index is 12.1. The van der Waals surface area contributed by atoms with Crippen molar-refractivity contribution in [1.29, 1.82) is 0 Å². The summed E-state index contributed by atoms with van der Waals surface area (Å²) in [7, 11) is 5.43. The van der Waals surface area contributed by atoms with E-state index >= 15 is 0 Å². The first-order valence-electron chi connectivity index (χ1n) is 6.62. The van der Waals surface area contributed by atoms with Crippen LogP contribution in [0.3, 0.4) is 0 Å². The van der Waals surface area contributed by atoms with Crippen LogP contribution >= 0.6 is 0 Å². The molecule has 5 nitrogen and oxygen atoms in total. The molecule has 1 fully saturated rings. The fourth-order valence-electron chi connectivity index (χ4n) is 2.42. The van der Waals surface area contributed by atoms with Gasteiger partial charge in [-0.25, -0.2) is 0 Å². The molecule has 0 aromatic rings.